The second-order valence-corrected chi connectivity index (χ2v) is 5.42. The first-order chi connectivity index (χ1) is 12.6. The van der Waals surface area contributed by atoms with Crippen LogP contribution in [0.4, 0.5) is 10.5 Å². The average Bonchev–Trinajstić information content (AvgIpc) is 2.94. The van der Waals surface area contributed by atoms with Gasteiger partial charge >= 0.3 is 6.03 Å². The van der Waals surface area contributed by atoms with E-state index in [0.29, 0.717) is 28.5 Å². The van der Waals surface area contributed by atoms with Crippen LogP contribution in [0.5, 0.6) is 17.2 Å². The number of nitrogens with zero attached hydrogens (tertiary/aromatic N) is 1. The van der Waals surface area contributed by atoms with Gasteiger partial charge in [0, 0.05) is 0 Å². The van der Waals surface area contributed by atoms with Crippen LogP contribution in [-0.4, -0.2) is 33.3 Å². The zero-order valence-electron chi connectivity index (χ0n) is 14.6. The van der Waals surface area contributed by atoms with Gasteiger partial charge in [-0.1, -0.05) is 18.2 Å². The molecule has 3 rings (SSSR count). The number of amides is 3. The third-order valence-corrected chi connectivity index (χ3v) is 3.89. The fourth-order valence-corrected chi connectivity index (χ4v) is 2.70. The summed E-state index contributed by atoms with van der Waals surface area (Å²) in [6.07, 6.45) is 1.56. The van der Waals surface area contributed by atoms with Gasteiger partial charge in [-0.15, -0.1) is 0 Å². The quantitative estimate of drug-likeness (QED) is 0.660. The minimum atomic E-state index is -0.500. The van der Waals surface area contributed by atoms with Crippen molar-refractivity contribution in [2.75, 3.05) is 26.2 Å². The van der Waals surface area contributed by atoms with Crippen LogP contribution in [0.15, 0.2) is 48.2 Å². The number of ether oxygens (including phenoxy) is 3. The Labute approximate surface area is 150 Å². The molecule has 0 spiro atoms. The Balaban J connectivity index is 1.98. The van der Waals surface area contributed by atoms with E-state index in [1.165, 1.54) is 21.3 Å². The second-order valence-electron chi connectivity index (χ2n) is 5.42. The van der Waals surface area contributed by atoms with E-state index in [9.17, 15) is 9.59 Å². The molecule has 7 heteroatoms. The topological polar surface area (TPSA) is 77.1 Å². The second kappa shape index (κ2) is 7.18. The van der Waals surface area contributed by atoms with Crippen molar-refractivity contribution in [2.24, 2.45) is 0 Å². The molecule has 1 fully saturated rings. The Kier molecular flexibility index (Phi) is 4.79. The fraction of sp³-hybridized carbons (Fsp3) is 0.158. The lowest BCUT2D eigenvalue weighted by atomic mass is 10.1. The molecule has 0 radical (unpaired) electrons. The summed E-state index contributed by atoms with van der Waals surface area (Å²) in [7, 11) is 4.53. The van der Waals surface area contributed by atoms with Crippen molar-refractivity contribution in [3.8, 4) is 17.2 Å². The fourth-order valence-electron chi connectivity index (χ4n) is 2.70. The highest BCUT2D eigenvalue weighted by atomic mass is 16.5. The Bertz CT molecular complexity index is 852. The Morgan fingerprint density at radius 2 is 1.54 bits per heavy atom. The van der Waals surface area contributed by atoms with Crippen molar-refractivity contribution in [1.29, 1.82) is 0 Å². The third kappa shape index (κ3) is 3.06. The van der Waals surface area contributed by atoms with Crippen molar-refractivity contribution in [3.05, 3.63) is 53.7 Å². The zero-order chi connectivity index (χ0) is 18.7. The van der Waals surface area contributed by atoms with E-state index in [1.807, 2.05) is 6.07 Å². The van der Waals surface area contributed by atoms with Gasteiger partial charge in [-0.3, -0.25) is 4.79 Å². The minimum absolute atomic E-state index is 0.160. The van der Waals surface area contributed by atoms with Crippen LogP contribution in [0.2, 0.25) is 0 Å². The average molecular weight is 354 g/mol. The normalized spacial score (nSPS) is 15.2. The molecule has 26 heavy (non-hydrogen) atoms. The SMILES string of the molecule is COc1cc(/C=C2\NC(=O)N(c3ccccc3)C2=O)cc(OC)c1OC. The molecule has 2 aromatic rings. The third-order valence-electron chi connectivity index (χ3n) is 3.89. The number of rotatable bonds is 5. The molecule has 0 atom stereocenters. The lowest BCUT2D eigenvalue weighted by molar-refractivity contribution is -0.113. The zero-order valence-corrected chi connectivity index (χ0v) is 14.6. The number of carbonyl (C=O) groups excluding carboxylic acids is 2. The molecule has 0 bridgehead atoms. The van der Waals surface area contributed by atoms with E-state index in [-0.39, 0.29) is 5.70 Å². The summed E-state index contributed by atoms with van der Waals surface area (Å²) >= 11 is 0. The number of carbonyl (C=O) groups is 2. The van der Waals surface area contributed by atoms with Gasteiger partial charge in [0.2, 0.25) is 5.75 Å². The first-order valence-electron chi connectivity index (χ1n) is 7.81. The molecule has 0 aliphatic carbocycles. The number of hydrogen-bond donors (Lipinski definition) is 1. The van der Waals surface area contributed by atoms with Crippen molar-refractivity contribution in [2.45, 2.75) is 0 Å². The van der Waals surface area contributed by atoms with Gasteiger partial charge in [0.1, 0.15) is 5.70 Å². The summed E-state index contributed by atoms with van der Waals surface area (Å²) in [4.78, 5) is 25.9. The van der Waals surface area contributed by atoms with E-state index >= 15 is 0 Å². The van der Waals surface area contributed by atoms with Crippen molar-refractivity contribution in [3.63, 3.8) is 0 Å². The van der Waals surface area contributed by atoms with Gasteiger partial charge in [-0.25, -0.2) is 9.69 Å². The van der Waals surface area contributed by atoms with Crippen LogP contribution in [0.1, 0.15) is 5.56 Å². The van der Waals surface area contributed by atoms with Crippen molar-refractivity contribution < 1.29 is 23.8 Å². The van der Waals surface area contributed by atoms with Crippen LogP contribution in [-0.2, 0) is 4.79 Å². The number of methoxy groups -OCH3 is 3. The predicted molar refractivity (Wildman–Crippen MR) is 96.5 cm³/mol. The summed E-state index contributed by atoms with van der Waals surface area (Å²) in [5.41, 5.74) is 1.29. The van der Waals surface area contributed by atoms with Crippen LogP contribution < -0.4 is 24.4 Å². The minimum Gasteiger partial charge on any atom is -0.493 e. The van der Waals surface area contributed by atoms with Crippen LogP contribution in [0.3, 0.4) is 0 Å². The highest BCUT2D eigenvalue weighted by Gasteiger charge is 2.34. The summed E-state index contributed by atoms with van der Waals surface area (Å²) in [5.74, 6) is 0.922. The molecular formula is C19H18N2O5. The van der Waals surface area contributed by atoms with Gasteiger partial charge in [0.05, 0.1) is 27.0 Å². The molecule has 1 aliphatic heterocycles. The number of imide groups is 1. The van der Waals surface area contributed by atoms with Gasteiger partial charge in [-0.2, -0.15) is 0 Å². The number of hydrogen-bond acceptors (Lipinski definition) is 5. The molecule has 2 aromatic carbocycles. The largest absolute Gasteiger partial charge is 0.493 e. The summed E-state index contributed by atoms with van der Waals surface area (Å²) in [6.45, 7) is 0. The number of para-hydroxylation sites is 1. The molecule has 3 amide bonds. The maximum absolute atomic E-state index is 12.6. The summed E-state index contributed by atoms with van der Waals surface area (Å²) in [6, 6.07) is 11.6. The molecule has 7 nitrogen and oxygen atoms in total. The van der Waals surface area contributed by atoms with E-state index < -0.39 is 11.9 Å². The highest BCUT2D eigenvalue weighted by Crippen LogP contribution is 2.38. The molecule has 134 valence electrons. The van der Waals surface area contributed by atoms with E-state index in [1.54, 1.807) is 42.5 Å². The number of anilines is 1. The molecule has 1 aliphatic rings. The molecule has 1 heterocycles. The maximum Gasteiger partial charge on any atom is 0.333 e. The summed E-state index contributed by atoms with van der Waals surface area (Å²) in [5, 5.41) is 2.59. The lowest BCUT2D eigenvalue weighted by Crippen LogP contribution is -2.30. The predicted octanol–water partition coefficient (Wildman–Crippen LogP) is 2.81. The Hall–Kier alpha value is -3.48. The van der Waals surface area contributed by atoms with Gasteiger partial charge in [0.15, 0.2) is 11.5 Å². The van der Waals surface area contributed by atoms with E-state index in [0.717, 1.165) is 4.90 Å². The molecule has 1 N–H and O–H groups in total. The van der Waals surface area contributed by atoms with E-state index in [2.05, 4.69) is 5.32 Å². The number of benzene rings is 2. The lowest BCUT2D eigenvalue weighted by Gasteiger charge is -2.13. The Morgan fingerprint density at radius 1 is 0.923 bits per heavy atom. The van der Waals surface area contributed by atoms with Gasteiger partial charge in [-0.05, 0) is 35.9 Å². The maximum atomic E-state index is 12.6. The first-order valence-corrected chi connectivity index (χ1v) is 7.81. The van der Waals surface area contributed by atoms with Gasteiger partial charge < -0.3 is 19.5 Å². The molecule has 0 unspecified atom stereocenters. The molecule has 0 saturated carbocycles. The standard InChI is InChI=1S/C19H18N2O5/c1-24-15-10-12(11-16(25-2)17(15)26-3)9-14-18(22)21(19(23)20-14)13-7-5-4-6-8-13/h4-11H,1-3H3,(H,20,23)/b14-9-. The van der Waals surface area contributed by atoms with E-state index in [4.69, 9.17) is 14.2 Å². The van der Waals surface area contributed by atoms with Crippen molar-refractivity contribution in [1.82, 2.24) is 5.32 Å². The smallest absolute Gasteiger partial charge is 0.333 e. The van der Waals surface area contributed by atoms with Crippen LogP contribution in [0.25, 0.3) is 6.08 Å². The van der Waals surface area contributed by atoms with Gasteiger partial charge in [0.25, 0.3) is 5.91 Å². The van der Waals surface area contributed by atoms with Crippen LogP contribution >= 0.6 is 0 Å². The Morgan fingerprint density at radius 3 is 2.08 bits per heavy atom. The highest BCUT2D eigenvalue weighted by molar-refractivity contribution is 6.28. The molecule has 1 saturated heterocycles. The first kappa shape index (κ1) is 17.3. The molecular weight excluding hydrogens is 336 g/mol. The molecule has 0 aromatic heterocycles. The van der Waals surface area contributed by atoms with Crippen LogP contribution in [0, 0.1) is 0 Å². The number of urea groups is 1. The monoisotopic (exact) mass is 354 g/mol. The van der Waals surface area contributed by atoms with Crippen molar-refractivity contribution >= 4 is 23.7 Å². The number of nitrogens with one attached hydrogen (secondary N) is 1. The summed E-state index contributed by atoms with van der Waals surface area (Å²) < 4.78 is 15.9.